The number of nitriles is 1. The molecule has 1 aromatic heterocycles. The normalized spacial score (nSPS) is 11.2. The van der Waals surface area contributed by atoms with E-state index < -0.39 is 5.82 Å². The topological polar surface area (TPSA) is 61.6 Å². The Morgan fingerprint density at radius 3 is 2.54 bits per heavy atom. The van der Waals surface area contributed by atoms with Crippen molar-refractivity contribution in [3.8, 4) is 17.5 Å². The Morgan fingerprint density at radius 2 is 1.88 bits per heavy atom. The van der Waals surface area contributed by atoms with Crippen molar-refractivity contribution in [2.24, 2.45) is 0 Å². The summed E-state index contributed by atoms with van der Waals surface area (Å²) in [5, 5.41) is 12.6. The minimum Gasteiger partial charge on any atom is -0.359 e. The molecule has 132 valence electrons. The van der Waals surface area contributed by atoms with Crippen molar-refractivity contribution in [3.05, 3.63) is 65.2 Å². The van der Waals surface area contributed by atoms with Crippen LogP contribution in [-0.2, 0) is 5.41 Å². The summed E-state index contributed by atoms with van der Waals surface area (Å²) in [7, 11) is 0. The highest BCUT2D eigenvalue weighted by atomic mass is 32.1. The number of halogens is 2. The fourth-order valence-corrected chi connectivity index (χ4v) is 3.04. The molecule has 0 spiro atoms. The van der Waals surface area contributed by atoms with E-state index in [1.165, 1.54) is 35.8 Å². The molecule has 0 saturated heterocycles. The molecule has 26 heavy (non-hydrogen) atoms. The standard InChI is InChI=1S/C19H16F2N4S/c1-19(2,14-5-7-15(20)8-6-14)11-23-18-24-17(25-26-18)12-3-4-13(10-22)16(21)9-12/h3-9H,11H2,1-2H3,(H,23,24,25). The monoisotopic (exact) mass is 370 g/mol. The van der Waals surface area contributed by atoms with Crippen LogP contribution < -0.4 is 5.32 Å². The molecule has 1 heterocycles. The number of rotatable bonds is 5. The first-order chi connectivity index (χ1) is 12.4. The molecule has 0 fully saturated rings. The van der Waals surface area contributed by atoms with Crippen LogP contribution in [0.5, 0.6) is 0 Å². The van der Waals surface area contributed by atoms with Gasteiger partial charge in [0.2, 0.25) is 5.13 Å². The van der Waals surface area contributed by atoms with Gasteiger partial charge >= 0.3 is 0 Å². The van der Waals surface area contributed by atoms with Gasteiger partial charge in [0, 0.05) is 29.1 Å². The Hall–Kier alpha value is -2.85. The van der Waals surface area contributed by atoms with Gasteiger partial charge < -0.3 is 5.32 Å². The molecule has 0 atom stereocenters. The smallest absolute Gasteiger partial charge is 0.202 e. The molecule has 7 heteroatoms. The molecule has 0 amide bonds. The summed E-state index contributed by atoms with van der Waals surface area (Å²) in [5.74, 6) is -0.451. The van der Waals surface area contributed by atoms with Gasteiger partial charge in [0.15, 0.2) is 5.82 Å². The molecule has 0 unspecified atom stereocenters. The summed E-state index contributed by atoms with van der Waals surface area (Å²) in [5.41, 5.74) is 1.28. The molecule has 0 aliphatic carbocycles. The lowest BCUT2D eigenvalue weighted by Crippen LogP contribution is -2.27. The Balaban J connectivity index is 1.71. The number of hydrogen-bond donors (Lipinski definition) is 1. The SMILES string of the molecule is CC(C)(CNc1nc(-c2ccc(C#N)c(F)c2)ns1)c1ccc(F)cc1. The number of aromatic nitrogens is 2. The van der Waals surface area contributed by atoms with Crippen LogP contribution in [0.3, 0.4) is 0 Å². The van der Waals surface area contributed by atoms with Gasteiger partial charge in [-0.3, -0.25) is 0 Å². The number of nitrogens with one attached hydrogen (secondary N) is 1. The molecular weight excluding hydrogens is 354 g/mol. The van der Waals surface area contributed by atoms with Crippen molar-refractivity contribution >= 4 is 16.7 Å². The van der Waals surface area contributed by atoms with Crippen LogP contribution in [-0.4, -0.2) is 15.9 Å². The second-order valence-electron chi connectivity index (χ2n) is 6.47. The summed E-state index contributed by atoms with van der Waals surface area (Å²) in [6.07, 6.45) is 0. The number of hydrogen-bond acceptors (Lipinski definition) is 5. The first-order valence-corrected chi connectivity index (χ1v) is 8.70. The third kappa shape index (κ3) is 3.86. The lowest BCUT2D eigenvalue weighted by atomic mass is 9.85. The zero-order valence-electron chi connectivity index (χ0n) is 14.3. The summed E-state index contributed by atoms with van der Waals surface area (Å²) < 4.78 is 31.1. The lowest BCUT2D eigenvalue weighted by molar-refractivity contribution is 0.553. The summed E-state index contributed by atoms with van der Waals surface area (Å²) in [6.45, 7) is 4.67. The maximum atomic E-state index is 13.7. The van der Waals surface area contributed by atoms with Crippen molar-refractivity contribution in [2.45, 2.75) is 19.3 Å². The zero-order valence-corrected chi connectivity index (χ0v) is 15.1. The van der Waals surface area contributed by atoms with Gasteiger partial charge in [-0.05, 0) is 35.9 Å². The van der Waals surface area contributed by atoms with Gasteiger partial charge in [0.05, 0.1) is 5.56 Å². The van der Waals surface area contributed by atoms with Crippen LogP contribution in [0.25, 0.3) is 11.4 Å². The second kappa shape index (κ2) is 7.18. The van der Waals surface area contributed by atoms with E-state index in [2.05, 4.69) is 14.7 Å². The highest BCUT2D eigenvalue weighted by molar-refractivity contribution is 7.09. The largest absolute Gasteiger partial charge is 0.359 e. The molecule has 2 aromatic carbocycles. The molecule has 0 aliphatic rings. The van der Waals surface area contributed by atoms with Crippen molar-refractivity contribution < 1.29 is 8.78 Å². The van der Waals surface area contributed by atoms with Crippen LogP contribution in [0.2, 0.25) is 0 Å². The predicted molar refractivity (Wildman–Crippen MR) is 97.9 cm³/mol. The summed E-state index contributed by atoms with van der Waals surface area (Å²) in [4.78, 5) is 4.37. The van der Waals surface area contributed by atoms with Gasteiger partial charge in [0.25, 0.3) is 0 Å². The zero-order chi connectivity index (χ0) is 18.7. The fourth-order valence-electron chi connectivity index (χ4n) is 2.46. The van der Waals surface area contributed by atoms with E-state index in [0.717, 1.165) is 5.56 Å². The average Bonchev–Trinajstić information content (AvgIpc) is 3.09. The van der Waals surface area contributed by atoms with Gasteiger partial charge in [-0.1, -0.05) is 26.0 Å². The minimum absolute atomic E-state index is 0.0108. The van der Waals surface area contributed by atoms with Crippen LogP contribution >= 0.6 is 11.5 Å². The van der Waals surface area contributed by atoms with Crippen LogP contribution in [0.15, 0.2) is 42.5 Å². The highest BCUT2D eigenvalue weighted by Gasteiger charge is 2.21. The maximum Gasteiger partial charge on any atom is 0.202 e. The maximum absolute atomic E-state index is 13.7. The highest BCUT2D eigenvalue weighted by Crippen LogP contribution is 2.26. The van der Waals surface area contributed by atoms with E-state index in [0.29, 0.717) is 23.1 Å². The van der Waals surface area contributed by atoms with Crippen LogP contribution in [0.4, 0.5) is 13.9 Å². The quantitative estimate of drug-likeness (QED) is 0.704. The molecule has 0 aliphatic heterocycles. The van der Waals surface area contributed by atoms with E-state index in [9.17, 15) is 8.78 Å². The Bertz CT molecular complexity index is 958. The molecule has 3 aromatic rings. The fraction of sp³-hybridized carbons (Fsp3) is 0.211. The molecule has 0 radical (unpaired) electrons. The van der Waals surface area contributed by atoms with E-state index in [1.807, 2.05) is 13.8 Å². The minimum atomic E-state index is -0.591. The van der Waals surface area contributed by atoms with E-state index >= 15 is 0 Å². The average molecular weight is 370 g/mol. The molecule has 4 nitrogen and oxygen atoms in total. The number of benzene rings is 2. The third-order valence-corrected chi connectivity index (χ3v) is 4.75. The van der Waals surface area contributed by atoms with E-state index in [1.54, 1.807) is 24.3 Å². The summed E-state index contributed by atoms with van der Waals surface area (Å²) >= 11 is 1.18. The third-order valence-electron chi connectivity index (χ3n) is 4.08. The molecule has 3 rings (SSSR count). The number of anilines is 1. The molecular formula is C19H16F2N4S. The first-order valence-electron chi connectivity index (χ1n) is 7.93. The van der Waals surface area contributed by atoms with Crippen molar-refractivity contribution in [3.63, 3.8) is 0 Å². The van der Waals surface area contributed by atoms with E-state index in [-0.39, 0.29) is 16.8 Å². The number of nitrogens with zero attached hydrogens (tertiary/aromatic N) is 3. The van der Waals surface area contributed by atoms with Gasteiger partial charge in [0.1, 0.15) is 17.7 Å². The summed E-state index contributed by atoms with van der Waals surface area (Å²) in [6, 6.07) is 12.5. The molecule has 1 N–H and O–H groups in total. The van der Waals surface area contributed by atoms with Gasteiger partial charge in [-0.2, -0.15) is 14.6 Å². The van der Waals surface area contributed by atoms with Crippen molar-refractivity contribution in [2.75, 3.05) is 11.9 Å². The second-order valence-corrected chi connectivity index (χ2v) is 7.23. The van der Waals surface area contributed by atoms with Gasteiger partial charge in [-0.25, -0.2) is 8.78 Å². The van der Waals surface area contributed by atoms with Crippen LogP contribution in [0, 0.1) is 23.0 Å². The van der Waals surface area contributed by atoms with Crippen LogP contribution in [0.1, 0.15) is 25.0 Å². The Kier molecular flexibility index (Phi) is 4.96. The molecule has 0 saturated carbocycles. The Morgan fingerprint density at radius 1 is 1.15 bits per heavy atom. The Labute approximate surface area is 154 Å². The molecule has 0 bridgehead atoms. The van der Waals surface area contributed by atoms with Crippen molar-refractivity contribution in [1.29, 1.82) is 5.26 Å². The van der Waals surface area contributed by atoms with Crippen molar-refractivity contribution in [1.82, 2.24) is 9.36 Å². The lowest BCUT2D eigenvalue weighted by Gasteiger charge is -2.25. The first kappa shape index (κ1) is 18.0. The van der Waals surface area contributed by atoms with Gasteiger partial charge in [-0.15, -0.1) is 0 Å². The predicted octanol–water partition coefficient (Wildman–Crippen LogP) is 4.74. The van der Waals surface area contributed by atoms with E-state index in [4.69, 9.17) is 5.26 Å².